The Hall–Kier alpha value is -0.220. The quantitative estimate of drug-likeness (QED) is 0.686. The summed E-state index contributed by atoms with van der Waals surface area (Å²) in [5.41, 5.74) is 0. The largest absolute Gasteiger partial charge is 0.480 e. The molecule has 84 valence electrons. The Morgan fingerprint density at radius 3 is 2.36 bits per heavy atom. The third-order valence-electron chi connectivity index (χ3n) is 2.21. The van der Waals surface area contributed by atoms with Crippen LogP contribution in [-0.4, -0.2) is 35.2 Å². The summed E-state index contributed by atoms with van der Waals surface area (Å²) in [7, 11) is 0. The van der Waals surface area contributed by atoms with Gasteiger partial charge < -0.3 is 10.4 Å². The van der Waals surface area contributed by atoms with Crippen molar-refractivity contribution in [1.82, 2.24) is 5.32 Å². The lowest BCUT2D eigenvalue weighted by molar-refractivity contribution is -0.140. The van der Waals surface area contributed by atoms with Crippen LogP contribution in [0, 0.1) is 5.92 Å². The highest BCUT2D eigenvalue weighted by Gasteiger charge is 2.23. The lowest BCUT2D eigenvalue weighted by Gasteiger charge is -2.24. The molecule has 0 aliphatic rings. The SMILES string of the molecule is CCC(CSC)NC(C(=O)O)C(C)C. The smallest absolute Gasteiger partial charge is 0.320 e. The van der Waals surface area contributed by atoms with E-state index in [9.17, 15) is 4.79 Å². The Bertz CT molecular complexity index is 174. The minimum absolute atomic E-state index is 0.128. The van der Waals surface area contributed by atoms with E-state index < -0.39 is 12.0 Å². The summed E-state index contributed by atoms with van der Waals surface area (Å²) in [6, 6.07) is -0.124. The first-order valence-electron chi connectivity index (χ1n) is 5.00. The van der Waals surface area contributed by atoms with Crippen LogP contribution in [0.1, 0.15) is 27.2 Å². The fraction of sp³-hybridized carbons (Fsp3) is 0.900. The van der Waals surface area contributed by atoms with Gasteiger partial charge in [0, 0.05) is 11.8 Å². The number of carbonyl (C=O) groups is 1. The molecular formula is C10H21NO2S. The van der Waals surface area contributed by atoms with Gasteiger partial charge in [-0.2, -0.15) is 11.8 Å². The van der Waals surface area contributed by atoms with E-state index in [1.807, 2.05) is 20.1 Å². The van der Waals surface area contributed by atoms with Gasteiger partial charge in [-0.25, -0.2) is 0 Å². The molecule has 0 fully saturated rings. The molecule has 0 heterocycles. The number of carboxylic acids is 1. The maximum absolute atomic E-state index is 10.9. The molecule has 0 aliphatic carbocycles. The number of hydrogen-bond donors (Lipinski definition) is 2. The Labute approximate surface area is 90.7 Å². The fourth-order valence-electron chi connectivity index (χ4n) is 1.29. The minimum Gasteiger partial charge on any atom is -0.480 e. The number of nitrogens with one attached hydrogen (secondary N) is 1. The van der Waals surface area contributed by atoms with Crippen LogP contribution in [-0.2, 0) is 4.79 Å². The van der Waals surface area contributed by atoms with Gasteiger partial charge in [-0.05, 0) is 18.6 Å². The highest BCUT2D eigenvalue weighted by atomic mass is 32.2. The van der Waals surface area contributed by atoms with E-state index in [0.29, 0.717) is 6.04 Å². The second-order valence-corrected chi connectivity index (χ2v) is 4.70. The summed E-state index contributed by atoms with van der Waals surface area (Å²) in [5.74, 6) is 0.343. The third-order valence-corrected chi connectivity index (χ3v) is 2.94. The van der Waals surface area contributed by atoms with E-state index in [1.165, 1.54) is 0 Å². The van der Waals surface area contributed by atoms with Crippen molar-refractivity contribution in [1.29, 1.82) is 0 Å². The second-order valence-electron chi connectivity index (χ2n) is 3.79. The van der Waals surface area contributed by atoms with Crippen molar-refractivity contribution < 1.29 is 9.90 Å². The van der Waals surface area contributed by atoms with Crippen LogP contribution in [0.3, 0.4) is 0 Å². The van der Waals surface area contributed by atoms with Crippen LogP contribution >= 0.6 is 11.8 Å². The van der Waals surface area contributed by atoms with Gasteiger partial charge in [0.2, 0.25) is 0 Å². The van der Waals surface area contributed by atoms with Crippen LogP contribution in [0.4, 0.5) is 0 Å². The van der Waals surface area contributed by atoms with E-state index in [4.69, 9.17) is 5.11 Å². The predicted octanol–water partition coefficient (Wildman–Crippen LogP) is 1.83. The summed E-state index contributed by atoms with van der Waals surface area (Å²) >= 11 is 1.74. The lowest BCUT2D eigenvalue weighted by Crippen LogP contribution is -2.47. The molecule has 0 aliphatic heterocycles. The van der Waals surface area contributed by atoms with E-state index in [-0.39, 0.29) is 5.92 Å². The topological polar surface area (TPSA) is 49.3 Å². The van der Waals surface area contributed by atoms with Crippen molar-refractivity contribution in [3.8, 4) is 0 Å². The Kier molecular flexibility index (Phi) is 7.01. The third kappa shape index (κ3) is 4.86. The summed E-state index contributed by atoms with van der Waals surface area (Å²) in [6.07, 6.45) is 3.01. The fourth-order valence-corrected chi connectivity index (χ4v) is 2.02. The normalized spacial score (nSPS) is 15.5. The average molecular weight is 219 g/mol. The van der Waals surface area contributed by atoms with Crippen LogP contribution in [0.25, 0.3) is 0 Å². The summed E-state index contributed by atoms with van der Waals surface area (Å²) in [5, 5.41) is 12.2. The van der Waals surface area contributed by atoms with Gasteiger partial charge in [-0.3, -0.25) is 4.79 Å². The molecule has 0 aromatic rings. The van der Waals surface area contributed by atoms with Crippen molar-refractivity contribution in [3.05, 3.63) is 0 Å². The molecule has 0 saturated heterocycles. The molecule has 0 bridgehead atoms. The molecule has 2 N–H and O–H groups in total. The molecule has 0 radical (unpaired) electrons. The van der Waals surface area contributed by atoms with E-state index >= 15 is 0 Å². The summed E-state index contributed by atoms with van der Waals surface area (Å²) in [4.78, 5) is 10.9. The molecule has 0 saturated carbocycles. The van der Waals surface area contributed by atoms with E-state index in [2.05, 4.69) is 12.2 Å². The predicted molar refractivity (Wildman–Crippen MR) is 61.9 cm³/mol. The van der Waals surface area contributed by atoms with Crippen molar-refractivity contribution in [3.63, 3.8) is 0 Å². The summed E-state index contributed by atoms with van der Waals surface area (Å²) in [6.45, 7) is 5.93. The van der Waals surface area contributed by atoms with Gasteiger partial charge in [-0.15, -0.1) is 0 Å². The monoisotopic (exact) mass is 219 g/mol. The molecular weight excluding hydrogens is 198 g/mol. The highest BCUT2D eigenvalue weighted by Crippen LogP contribution is 2.07. The number of hydrogen-bond acceptors (Lipinski definition) is 3. The molecule has 14 heavy (non-hydrogen) atoms. The molecule has 0 rings (SSSR count). The van der Waals surface area contributed by atoms with Crippen LogP contribution in [0.2, 0.25) is 0 Å². The molecule has 0 amide bonds. The van der Waals surface area contributed by atoms with Crippen molar-refractivity contribution in [2.75, 3.05) is 12.0 Å². The number of rotatable bonds is 7. The van der Waals surface area contributed by atoms with Gasteiger partial charge in [-0.1, -0.05) is 20.8 Å². The Morgan fingerprint density at radius 1 is 1.50 bits per heavy atom. The number of carboxylic acid groups (broad SMARTS) is 1. The Balaban J connectivity index is 4.18. The first-order valence-corrected chi connectivity index (χ1v) is 6.40. The van der Waals surface area contributed by atoms with E-state index in [0.717, 1.165) is 12.2 Å². The van der Waals surface area contributed by atoms with E-state index in [1.54, 1.807) is 11.8 Å². The van der Waals surface area contributed by atoms with Crippen LogP contribution in [0.5, 0.6) is 0 Å². The second kappa shape index (κ2) is 7.12. The Morgan fingerprint density at radius 2 is 2.07 bits per heavy atom. The zero-order valence-electron chi connectivity index (χ0n) is 9.41. The molecule has 0 aromatic carbocycles. The molecule has 2 unspecified atom stereocenters. The molecule has 0 spiro atoms. The molecule has 0 aromatic heterocycles. The minimum atomic E-state index is -0.750. The van der Waals surface area contributed by atoms with Gasteiger partial charge in [0.05, 0.1) is 0 Å². The maximum Gasteiger partial charge on any atom is 0.320 e. The van der Waals surface area contributed by atoms with Gasteiger partial charge in [0.15, 0.2) is 0 Å². The van der Waals surface area contributed by atoms with Gasteiger partial charge in [0.25, 0.3) is 0 Å². The molecule has 4 heteroatoms. The van der Waals surface area contributed by atoms with Crippen LogP contribution < -0.4 is 5.32 Å². The first-order chi connectivity index (χ1) is 6.52. The van der Waals surface area contributed by atoms with Crippen molar-refractivity contribution >= 4 is 17.7 Å². The first kappa shape index (κ1) is 13.8. The van der Waals surface area contributed by atoms with Gasteiger partial charge >= 0.3 is 5.97 Å². The van der Waals surface area contributed by atoms with Crippen LogP contribution in [0.15, 0.2) is 0 Å². The highest BCUT2D eigenvalue weighted by molar-refractivity contribution is 7.98. The van der Waals surface area contributed by atoms with Gasteiger partial charge in [0.1, 0.15) is 6.04 Å². The zero-order valence-corrected chi connectivity index (χ0v) is 10.2. The zero-order chi connectivity index (χ0) is 11.1. The van der Waals surface area contributed by atoms with Crippen molar-refractivity contribution in [2.24, 2.45) is 5.92 Å². The average Bonchev–Trinajstić information content (AvgIpc) is 2.10. The number of thioether (sulfide) groups is 1. The lowest BCUT2D eigenvalue weighted by atomic mass is 10.0. The molecule has 3 nitrogen and oxygen atoms in total. The summed E-state index contributed by atoms with van der Waals surface area (Å²) < 4.78 is 0. The molecule has 2 atom stereocenters. The standard InChI is InChI=1S/C10H21NO2S/c1-5-8(6-14-4)11-9(7(2)3)10(12)13/h7-9,11H,5-6H2,1-4H3,(H,12,13). The maximum atomic E-state index is 10.9. The van der Waals surface area contributed by atoms with Crippen molar-refractivity contribution in [2.45, 2.75) is 39.3 Å². The number of aliphatic carboxylic acids is 1.